The third kappa shape index (κ3) is 6.52. The largest absolute Gasteiger partial charge is 0.489 e. The number of hydrogen-bond donors (Lipinski definition) is 0. The zero-order chi connectivity index (χ0) is 19.2. The predicted octanol–water partition coefficient (Wildman–Crippen LogP) is 4.25. The van der Waals surface area contributed by atoms with Crippen LogP contribution in [-0.2, 0) is 16.1 Å². The van der Waals surface area contributed by atoms with E-state index in [1.165, 1.54) is 0 Å². The maximum atomic E-state index is 12.6. The summed E-state index contributed by atoms with van der Waals surface area (Å²) in [4.78, 5) is 14.6. The normalized spacial score (nSPS) is 12.7. The minimum absolute atomic E-state index is 0.204. The predicted molar refractivity (Wildman–Crippen MR) is 104 cm³/mol. The van der Waals surface area contributed by atoms with Gasteiger partial charge in [0.05, 0.1) is 5.92 Å². The van der Waals surface area contributed by atoms with Gasteiger partial charge in [0.2, 0.25) is 0 Å². The zero-order valence-electron chi connectivity index (χ0n) is 16.4. The second-order valence-electron chi connectivity index (χ2n) is 7.69. The fourth-order valence-corrected chi connectivity index (χ4v) is 2.59. The average Bonchev–Trinajstić information content (AvgIpc) is 2.57. The molecule has 0 fully saturated rings. The highest BCUT2D eigenvalue weighted by atomic mass is 16.6. The Balaban J connectivity index is 2.07. The van der Waals surface area contributed by atoms with Crippen molar-refractivity contribution in [3.05, 3.63) is 65.7 Å². The van der Waals surface area contributed by atoms with Crippen LogP contribution >= 0.6 is 0 Å². The number of rotatable bonds is 7. The molecule has 140 valence electrons. The quantitative estimate of drug-likeness (QED) is 0.696. The molecule has 2 rings (SSSR count). The van der Waals surface area contributed by atoms with Gasteiger partial charge >= 0.3 is 5.97 Å². The minimum Gasteiger partial charge on any atom is -0.489 e. The number of ether oxygens (including phenoxy) is 2. The summed E-state index contributed by atoms with van der Waals surface area (Å²) in [6, 6.07) is 17.7. The van der Waals surface area contributed by atoms with Crippen LogP contribution in [0.4, 0.5) is 0 Å². The van der Waals surface area contributed by atoms with E-state index in [1.807, 2.05) is 94.4 Å². The maximum Gasteiger partial charge on any atom is 0.315 e. The molecule has 0 radical (unpaired) electrons. The second-order valence-corrected chi connectivity index (χ2v) is 7.69. The number of likely N-dealkylation sites (N-methyl/N-ethyl adjacent to an activating group) is 1. The summed E-state index contributed by atoms with van der Waals surface area (Å²) < 4.78 is 11.4. The summed E-state index contributed by atoms with van der Waals surface area (Å²) >= 11 is 0. The maximum absolute atomic E-state index is 12.6. The van der Waals surface area contributed by atoms with Gasteiger partial charge < -0.3 is 14.4 Å². The zero-order valence-corrected chi connectivity index (χ0v) is 16.4. The molecule has 0 heterocycles. The topological polar surface area (TPSA) is 38.8 Å². The van der Waals surface area contributed by atoms with Crippen molar-refractivity contribution in [1.82, 2.24) is 4.90 Å². The highest BCUT2D eigenvalue weighted by molar-refractivity contribution is 5.79. The molecule has 4 heteroatoms. The van der Waals surface area contributed by atoms with Crippen LogP contribution in [0.5, 0.6) is 5.75 Å². The van der Waals surface area contributed by atoms with E-state index < -0.39 is 5.60 Å². The number of benzene rings is 2. The van der Waals surface area contributed by atoms with Gasteiger partial charge in [-0.15, -0.1) is 0 Å². The third-order valence-electron chi connectivity index (χ3n) is 3.77. The Morgan fingerprint density at radius 1 is 1.00 bits per heavy atom. The van der Waals surface area contributed by atoms with E-state index in [9.17, 15) is 4.79 Å². The summed E-state index contributed by atoms with van der Waals surface area (Å²) in [6.07, 6.45) is 0. The van der Waals surface area contributed by atoms with Gasteiger partial charge in [0.25, 0.3) is 0 Å². The number of carbonyl (C=O) groups excluding carboxylic acids is 1. The molecule has 0 amide bonds. The Bertz CT molecular complexity index is 688. The molecule has 2 aromatic rings. The van der Waals surface area contributed by atoms with Crippen LogP contribution in [0.1, 0.15) is 37.8 Å². The van der Waals surface area contributed by atoms with Gasteiger partial charge in [-0.1, -0.05) is 42.5 Å². The van der Waals surface area contributed by atoms with Crippen LogP contribution in [0.25, 0.3) is 0 Å². The van der Waals surface area contributed by atoms with Crippen molar-refractivity contribution in [2.45, 2.75) is 38.9 Å². The van der Waals surface area contributed by atoms with Crippen molar-refractivity contribution in [2.24, 2.45) is 0 Å². The first kappa shape index (κ1) is 20.0. The van der Waals surface area contributed by atoms with Crippen LogP contribution < -0.4 is 4.74 Å². The van der Waals surface area contributed by atoms with Crippen molar-refractivity contribution in [2.75, 3.05) is 20.6 Å². The lowest BCUT2D eigenvalue weighted by Crippen LogP contribution is -2.32. The van der Waals surface area contributed by atoms with Crippen LogP contribution in [0, 0.1) is 0 Å². The molecule has 0 spiro atoms. The van der Waals surface area contributed by atoms with Crippen LogP contribution in [0.15, 0.2) is 54.6 Å². The van der Waals surface area contributed by atoms with Gasteiger partial charge in [-0.3, -0.25) is 4.79 Å². The molecule has 0 aliphatic heterocycles. The van der Waals surface area contributed by atoms with Crippen molar-refractivity contribution < 1.29 is 14.3 Å². The monoisotopic (exact) mass is 355 g/mol. The Morgan fingerprint density at radius 2 is 1.62 bits per heavy atom. The second kappa shape index (κ2) is 8.86. The first-order valence-corrected chi connectivity index (χ1v) is 8.89. The van der Waals surface area contributed by atoms with E-state index in [4.69, 9.17) is 9.47 Å². The van der Waals surface area contributed by atoms with Gasteiger partial charge in [-0.25, -0.2) is 0 Å². The van der Waals surface area contributed by atoms with Crippen molar-refractivity contribution in [3.63, 3.8) is 0 Å². The Morgan fingerprint density at radius 3 is 2.15 bits per heavy atom. The molecule has 4 nitrogen and oxygen atoms in total. The lowest BCUT2D eigenvalue weighted by molar-refractivity contribution is -0.157. The molecule has 26 heavy (non-hydrogen) atoms. The van der Waals surface area contributed by atoms with Crippen LogP contribution in [-0.4, -0.2) is 37.1 Å². The lowest BCUT2D eigenvalue weighted by atomic mass is 9.98. The van der Waals surface area contributed by atoms with Gasteiger partial charge in [0.1, 0.15) is 18.0 Å². The number of nitrogens with zero attached hydrogens (tertiary/aromatic N) is 1. The Kier molecular flexibility index (Phi) is 6.81. The molecule has 2 aromatic carbocycles. The molecule has 0 bridgehead atoms. The van der Waals surface area contributed by atoms with Crippen LogP contribution in [0.2, 0.25) is 0 Å². The van der Waals surface area contributed by atoms with E-state index in [-0.39, 0.29) is 11.9 Å². The van der Waals surface area contributed by atoms with Crippen molar-refractivity contribution >= 4 is 5.97 Å². The molecular weight excluding hydrogens is 326 g/mol. The van der Waals surface area contributed by atoms with Gasteiger partial charge in [0.15, 0.2) is 0 Å². The van der Waals surface area contributed by atoms with Gasteiger partial charge in [0, 0.05) is 6.54 Å². The van der Waals surface area contributed by atoms with E-state index >= 15 is 0 Å². The van der Waals surface area contributed by atoms with Crippen molar-refractivity contribution in [3.8, 4) is 5.75 Å². The van der Waals surface area contributed by atoms with Crippen molar-refractivity contribution in [1.29, 1.82) is 0 Å². The van der Waals surface area contributed by atoms with E-state index in [0.29, 0.717) is 13.2 Å². The van der Waals surface area contributed by atoms with Gasteiger partial charge in [-0.05, 0) is 58.1 Å². The highest BCUT2D eigenvalue weighted by Crippen LogP contribution is 2.24. The Labute approximate surface area is 156 Å². The van der Waals surface area contributed by atoms with Gasteiger partial charge in [-0.2, -0.15) is 0 Å². The average molecular weight is 355 g/mol. The van der Waals surface area contributed by atoms with E-state index in [1.54, 1.807) is 0 Å². The fraction of sp³-hybridized carbons (Fsp3) is 0.409. The van der Waals surface area contributed by atoms with E-state index in [2.05, 4.69) is 0 Å². The first-order valence-electron chi connectivity index (χ1n) is 8.89. The summed E-state index contributed by atoms with van der Waals surface area (Å²) in [5, 5.41) is 0. The molecule has 0 aliphatic carbocycles. The highest BCUT2D eigenvalue weighted by Gasteiger charge is 2.27. The fourth-order valence-electron chi connectivity index (χ4n) is 2.59. The molecule has 0 saturated carbocycles. The molecular formula is C22H29NO3. The first-order chi connectivity index (χ1) is 12.2. The summed E-state index contributed by atoms with van der Waals surface area (Å²) in [5.74, 6) is 0.252. The number of hydrogen-bond acceptors (Lipinski definition) is 4. The van der Waals surface area contributed by atoms with E-state index in [0.717, 1.165) is 16.9 Å². The number of esters is 1. The number of carbonyl (C=O) groups is 1. The summed E-state index contributed by atoms with van der Waals surface area (Å²) in [5.41, 5.74) is 1.55. The molecule has 1 unspecified atom stereocenters. The van der Waals surface area contributed by atoms with Crippen LogP contribution in [0.3, 0.4) is 0 Å². The molecule has 0 saturated heterocycles. The standard InChI is InChI=1S/C22H29NO3/c1-22(2,3)26-21(24)20(15-23(4)5)18-11-13-19(14-12-18)25-16-17-9-7-6-8-10-17/h6-14,20H,15-16H2,1-5H3. The SMILES string of the molecule is CN(C)CC(C(=O)OC(C)(C)C)c1ccc(OCc2ccccc2)cc1. The molecule has 0 N–H and O–H groups in total. The minimum atomic E-state index is -0.500. The molecule has 1 atom stereocenters. The summed E-state index contributed by atoms with van der Waals surface area (Å²) in [6.45, 7) is 6.78. The Hall–Kier alpha value is -2.33. The summed E-state index contributed by atoms with van der Waals surface area (Å²) in [7, 11) is 3.91. The lowest BCUT2D eigenvalue weighted by Gasteiger charge is -2.26. The molecule has 0 aliphatic rings. The smallest absolute Gasteiger partial charge is 0.315 e. The third-order valence-corrected chi connectivity index (χ3v) is 3.77. The molecule has 0 aromatic heterocycles.